The first-order valence-corrected chi connectivity index (χ1v) is 10.5. The van der Waals surface area contributed by atoms with E-state index in [1.54, 1.807) is 0 Å². The van der Waals surface area contributed by atoms with Crippen molar-refractivity contribution in [3.05, 3.63) is 70.5 Å². The molecule has 1 atom stereocenters. The maximum Gasteiger partial charge on any atom is 0.132 e. The van der Waals surface area contributed by atoms with Crippen LogP contribution in [0.1, 0.15) is 44.1 Å². The van der Waals surface area contributed by atoms with Crippen molar-refractivity contribution < 1.29 is 0 Å². The van der Waals surface area contributed by atoms with Crippen molar-refractivity contribution in [1.82, 2.24) is 4.90 Å². The summed E-state index contributed by atoms with van der Waals surface area (Å²) in [5.74, 6) is 1.38. The van der Waals surface area contributed by atoms with Gasteiger partial charge in [-0.3, -0.25) is 0 Å². The number of nitriles is 2. The zero-order chi connectivity index (χ0) is 19.3. The van der Waals surface area contributed by atoms with Gasteiger partial charge >= 0.3 is 0 Å². The predicted molar refractivity (Wildman–Crippen MR) is 111 cm³/mol. The van der Waals surface area contributed by atoms with E-state index < -0.39 is 0 Å². The summed E-state index contributed by atoms with van der Waals surface area (Å²) in [5.41, 5.74) is 5.45. The molecule has 3 aliphatic rings. The smallest absolute Gasteiger partial charge is 0.132 e. The van der Waals surface area contributed by atoms with E-state index in [0.717, 1.165) is 43.8 Å². The summed E-state index contributed by atoms with van der Waals surface area (Å²) in [5, 5.41) is 18.4. The molecule has 1 aliphatic heterocycles. The van der Waals surface area contributed by atoms with Crippen LogP contribution >= 0.6 is 0 Å². The molecule has 0 aromatic heterocycles. The molecule has 2 aliphatic carbocycles. The van der Waals surface area contributed by atoms with Crippen LogP contribution in [0.3, 0.4) is 0 Å². The van der Waals surface area contributed by atoms with Crippen LogP contribution in [0, 0.1) is 34.5 Å². The molecule has 3 heteroatoms. The number of nitrogens with zero attached hydrogens (tertiary/aromatic N) is 3. The molecule has 0 amide bonds. The highest BCUT2D eigenvalue weighted by Crippen LogP contribution is 2.39. The molecule has 1 saturated heterocycles. The molecule has 142 valence electrons. The molecule has 0 saturated carbocycles. The average molecular weight is 370 g/mol. The first-order chi connectivity index (χ1) is 13.8. The van der Waals surface area contributed by atoms with Gasteiger partial charge in [-0.1, -0.05) is 36.4 Å². The fraction of sp³-hybridized carbons (Fsp3) is 0.440. The summed E-state index contributed by atoms with van der Waals surface area (Å²) in [6.45, 7) is 2.29. The van der Waals surface area contributed by atoms with E-state index in [2.05, 4.69) is 59.5 Å². The lowest BCUT2D eigenvalue weighted by Gasteiger charge is -2.38. The topological polar surface area (TPSA) is 50.8 Å². The second kappa shape index (κ2) is 8.49. The molecule has 28 heavy (non-hydrogen) atoms. The predicted octanol–water partition coefficient (Wildman–Crippen LogP) is 5.30. The van der Waals surface area contributed by atoms with Gasteiger partial charge in [-0.25, -0.2) is 0 Å². The monoisotopic (exact) mass is 369 g/mol. The molecule has 1 aromatic carbocycles. The quantitative estimate of drug-likeness (QED) is 0.679. The molecular formula is C25H27N3. The third-order valence-electron chi connectivity index (χ3n) is 6.59. The van der Waals surface area contributed by atoms with E-state index in [-0.39, 0.29) is 5.57 Å². The van der Waals surface area contributed by atoms with Gasteiger partial charge in [0.25, 0.3) is 0 Å². The van der Waals surface area contributed by atoms with Gasteiger partial charge in [-0.05, 0) is 79.6 Å². The number of rotatable bonds is 3. The number of piperidine rings is 1. The van der Waals surface area contributed by atoms with Crippen LogP contribution in [0.25, 0.3) is 0 Å². The van der Waals surface area contributed by atoms with Crippen LogP contribution in [-0.2, 0) is 6.42 Å². The summed E-state index contributed by atoms with van der Waals surface area (Å²) in [7, 11) is 0. The molecule has 1 aromatic rings. The second-order valence-corrected chi connectivity index (χ2v) is 8.30. The molecule has 0 bridgehead atoms. The Hall–Kier alpha value is -2.78. The van der Waals surface area contributed by atoms with Gasteiger partial charge in [0.05, 0.1) is 0 Å². The Morgan fingerprint density at radius 2 is 1.64 bits per heavy atom. The van der Waals surface area contributed by atoms with Gasteiger partial charge < -0.3 is 4.90 Å². The fourth-order valence-corrected chi connectivity index (χ4v) is 4.93. The zero-order valence-corrected chi connectivity index (χ0v) is 16.4. The highest BCUT2D eigenvalue weighted by atomic mass is 15.1. The maximum absolute atomic E-state index is 9.18. The lowest BCUT2D eigenvalue weighted by Crippen LogP contribution is -2.35. The van der Waals surface area contributed by atoms with E-state index in [9.17, 15) is 10.5 Å². The highest BCUT2D eigenvalue weighted by molar-refractivity contribution is 5.49. The Labute approximate surface area is 168 Å². The minimum atomic E-state index is 0.285. The zero-order valence-electron chi connectivity index (χ0n) is 16.4. The molecule has 4 rings (SSSR count). The molecule has 1 fully saturated rings. The minimum absolute atomic E-state index is 0.285. The number of benzene rings is 1. The first-order valence-electron chi connectivity index (χ1n) is 10.5. The van der Waals surface area contributed by atoms with Gasteiger partial charge in [-0.15, -0.1) is 0 Å². The normalized spacial score (nSPS) is 22.4. The Kier molecular flexibility index (Phi) is 5.63. The van der Waals surface area contributed by atoms with Gasteiger partial charge in [0.15, 0.2) is 0 Å². The first kappa shape index (κ1) is 18.6. The van der Waals surface area contributed by atoms with Gasteiger partial charge in [-0.2, -0.15) is 10.5 Å². The van der Waals surface area contributed by atoms with E-state index in [1.165, 1.54) is 42.5 Å². The maximum atomic E-state index is 9.18. The van der Waals surface area contributed by atoms with Crippen molar-refractivity contribution >= 4 is 0 Å². The summed E-state index contributed by atoms with van der Waals surface area (Å²) in [6, 6.07) is 15.0. The molecule has 0 unspecified atom stereocenters. The number of allylic oxidation sites excluding steroid dienone is 6. The Balaban J connectivity index is 1.43. The van der Waals surface area contributed by atoms with Crippen molar-refractivity contribution in [2.24, 2.45) is 11.8 Å². The molecule has 0 radical (unpaired) electrons. The Bertz CT molecular complexity index is 868. The van der Waals surface area contributed by atoms with Crippen LogP contribution in [-0.4, -0.2) is 18.0 Å². The van der Waals surface area contributed by atoms with E-state index in [0.29, 0.717) is 5.92 Å². The molecule has 0 N–H and O–H groups in total. The van der Waals surface area contributed by atoms with Gasteiger partial charge in [0, 0.05) is 18.8 Å². The van der Waals surface area contributed by atoms with E-state index in [4.69, 9.17) is 0 Å². The van der Waals surface area contributed by atoms with Gasteiger partial charge in [0.1, 0.15) is 17.7 Å². The average Bonchev–Trinajstić information content (AvgIpc) is 2.75. The van der Waals surface area contributed by atoms with Gasteiger partial charge in [0.2, 0.25) is 0 Å². The lowest BCUT2D eigenvalue weighted by atomic mass is 9.77. The molecule has 0 spiro atoms. The van der Waals surface area contributed by atoms with E-state index >= 15 is 0 Å². The van der Waals surface area contributed by atoms with Crippen LogP contribution in [0.2, 0.25) is 0 Å². The molecular weight excluding hydrogens is 342 g/mol. The second-order valence-electron chi connectivity index (χ2n) is 8.30. The van der Waals surface area contributed by atoms with Crippen molar-refractivity contribution in [2.45, 2.75) is 44.9 Å². The largest absolute Gasteiger partial charge is 0.375 e. The van der Waals surface area contributed by atoms with Crippen molar-refractivity contribution in [1.29, 1.82) is 10.5 Å². The third-order valence-corrected chi connectivity index (χ3v) is 6.59. The Morgan fingerprint density at radius 1 is 0.929 bits per heavy atom. The minimum Gasteiger partial charge on any atom is -0.375 e. The van der Waals surface area contributed by atoms with Crippen LogP contribution in [0.15, 0.2) is 64.9 Å². The van der Waals surface area contributed by atoms with E-state index in [1.807, 2.05) is 0 Å². The van der Waals surface area contributed by atoms with Crippen molar-refractivity contribution in [3.63, 3.8) is 0 Å². The molecule has 1 heterocycles. The highest BCUT2D eigenvalue weighted by Gasteiger charge is 2.28. The number of fused-ring (bicyclic) bond motifs is 1. The van der Waals surface area contributed by atoms with Crippen LogP contribution in [0.4, 0.5) is 0 Å². The Morgan fingerprint density at radius 3 is 2.36 bits per heavy atom. The summed E-state index contributed by atoms with van der Waals surface area (Å²) >= 11 is 0. The lowest BCUT2D eigenvalue weighted by molar-refractivity contribution is 0.215. The van der Waals surface area contributed by atoms with Crippen LogP contribution in [0.5, 0.6) is 0 Å². The number of hydrogen-bond acceptors (Lipinski definition) is 3. The van der Waals surface area contributed by atoms with Crippen molar-refractivity contribution in [3.8, 4) is 12.1 Å². The molecule has 3 nitrogen and oxygen atoms in total. The summed E-state index contributed by atoms with van der Waals surface area (Å²) < 4.78 is 0. The number of hydrogen-bond donors (Lipinski definition) is 0. The summed E-state index contributed by atoms with van der Waals surface area (Å²) in [6.07, 6.45) is 12.5. The number of likely N-dealkylation sites (tertiary alicyclic amines) is 1. The van der Waals surface area contributed by atoms with Crippen LogP contribution < -0.4 is 0 Å². The fourth-order valence-electron chi connectivity index (χ4n) is 4.93. The third kappa shape index (κ3) is 4.05. The SMILES string of the molecule is N#CC(C#N)=C1C=C2C=C(N3CCC(Cc4ccccc4)CC3)CC[C@H]2CC1. The van der Waals surface area contributed by atoms with Crippen molar-refractivity contribution in [2.75, 3.05) is 13.1 Å². The summed E-state index contributed by atoms with van der Waals surface area (Å²) in [4.78, 5) is 2.58. The standard InChI is InChI=1S/C25H27N3/c26-17-24(18-27)22-7-6-21-8-9-25(16-23(21)15-22)28-12-10-20(11-13-28)14-19-4-2-1-3-5-19/h1-5,15-16,20-21H,6-14H2/t21-/m1/s1.